The Labute approximate surface area is 219 Å². The van der Waals surface area contributed by atoms with Crippen LogP contribution in [0.4, 0.5) is 5.00 Å². The van der Waals surface area contributed by atoms with Crippen LogP contribution in [-0.2, 0) is 22.4 Å². The van der Waals surface area contributed by atoms with Crippen molar-refractivity contribution < 1.29 is 14.3 Å². The number of nitriles is 1. The van der Waals surface area contributed by atoms with Crippen LogP contribution in [0, 0.1) is 25.2 Å². The van der Waals surface area contributed by atoms with Gasteiger partial charge in [-0.3, -0.25) is 4.79 Å². The average Bonchev–Trinajstić information content (AvgIpc) is 3.45. The van der Waals surface area contributed by atoms with E-state index >= 15 is 0 Å². The summed E-state index contributed by atoms with van der Waals surface area (Å²) in [6.45, 7) is 5.67. The molecule has 1 aliphatic rings. The van der Waals surface area contributed by atoms with Gasteiger partial charge in [0, 0.05) is 16.1 Å². The molecule has 0 bridgehead atoms. The number of aromatic amines is 1. The Balaban J connectivity index is 1.31. The molecule has 2 aromatic heterocycles. The molecule has 8 heteroatoms. The molecule has 0 aliphatic heterocycles. The third kappa shape index (κ3) is 4.66. The van der Waals surface area contributed by atoms with Gasteiger partial charge in [0.25, 0.3) is 5.91 Å². The number of thiophene rings is 1. The number of carbonyl (C=O) groups excluding carboxylic acids is 2. The van der Waals surface area contributed by atoms with E-state index < -0.39 is 18.0 Å². The molecule has 4 aromatic rings. The molecule has 37 heavy (non-hydrogen) atoms. The molecule has 0 radical (unpaired) electrons. The number of anilines is 1. The molecule has 0 fully saturated rings. The number of esters is 1. The summed E-state index contributed by atoms with van der Waals surface area (Å²) in [7, 11) is 0. The van der Waals surface area contributed by atoms with E-state index in [-0.39, 0.29) is 0 Å². The van der Waals surface area contributed by atoms with Crippen molar-refractivity contribution in [3.63, 3.8) is 0 Å². The van der Waals surface area contributed by atoms with Gasteiger partial charge < -0.3 is 15.0 Å². The summed E-state index contributed by atoms with van der Waals surface area (Å²) in [5.74, 6) is -0.298. The first-order valence-corrected chi connectivity index (χ1v) is 13.0. The van der Waals surface area contributed by atoms with Crippen LogP contribution in [0.1, 0.15) is 51.8 Å². The normalized spacial score (nSPS) is 12.7. The first-order valence-electron chi connectivity index (χ1n) is 12.2. The Morgan fingerprint density at radius 3 is 2.59 bits per heavy atom. The molecule has 1 atom stereocenters. The maximum atomic E-state index is 13.1. The maximum absolute atomic E-state index is 13.1. The number of amides is 1. The summed E-state index contributed by atoms with van der Waals surface area (Å²) in [6, 6.07) is 17.3. The lowest BCUT2D eigenvalue weighted by molar-refractivity contribution is -0.124. The fourth-order valence-corrected chi connectivity index (χ4v) is 5.77. The van der Waals surface area contributed by atoms with E-state index in [9.17, 15) is 14.9 Å². The fourth-order valence-electron chi connectivity index (χ4n) is 4.51. The lowest BCUT2D eigenvalue weighted by atomic mass is 9.90. The van der Waals surface area contributed by atoms with Crippen molar-refractivity contribution in [3.8, 4) is 27.9 Å². The molecule has 7 nitrogen and oxygen atoms in total. The van der Waals surface area contributed by atoms with Gasteiger partial charge in [0.05, 0.1) is 16.8 Å². The molecule has 0 saturated carbocycles. The lowest BCUT2D eigenvalue weighted by Crippen LogP contribution is -2.32. The summed E-state index contributed by atoms with van der Waals surface area (Å²) in [5, 5.41) is 13.2. The van der Waals surface area contributed by atoms with Crippen LogP contribution in [0.25, 0.3) is 21.8 Å². The second kappa shape index (κ2) is 10.0. The zero-order valence-electron chi connectivity index (χ0n) is 20.8. The fraction of sp³-hybridized carbons (Fsp3) is 0.241. The molecule has 0 saturated heterocycles. The minimum absolute atomic E-state index is 0.302. The lowest BCUT2D eigenvalue weighted by Gasteiger charge is -2.16. The van der Waals surface area contributed by atoms with E-state index in [2.05, 4.69) is 27.4 Å². The second-order valence-corrected chi connectivity index (χ2v) is 10.1. The molecule has 2 aromatic carbocycles. The zero-order chi connectivity index (χ0) is 26.1. The Morgan fingerprint density at radius 1 is 1.16 bits per heavy atom. The summed E-state index contributed by atoms with van der Waals surface area (Å²) in [6.07, 6.45) is 0.924. The molecule has 2 N–H and O–H groups in total. The quantitative estimate of drug-likeness (QED) is 0.311. The molecule has 0 spiro atoms. The standard InChI is InChI=1S/C29H26N4O3S/c1-4-24(36-29(35)20-11-9-19(10-12-20)26-31-16(2)17(3)32-26)27(34)33-28-23(15-30)22-14-13-18-7-5-6-8-21(18)25(22)37-28/h5-12,24H,4,13-14H2,1-3H3,(H,31,32)(H,33,34). The number of nitrogens with zero attached hydrogens (tertiary/aromatic N) is 2. The molecule has 1 unspecified atom stereocenters. The number of rotatable bonds is 6. The number of H-pyrrole nitrogens is 1. The van der Waals surface area contributed by atoms with Crippen LogP contribution < -0.4 is 5.32 Å². The number of aromatic nitrogens is 2. The molecule has 1 aliphatic carbocycles. The van der Waals surface area contributed by atoms with Crippen LogP contribution in [0.5, 0.6) is 0 Å². The van der Waals surface area contributed by atoms with Crippen LogP contribution in [0.3, 0.4) is 0 Å². The number of ether oxygens (including phenoxy) is 1. The predicted octanol–water partition coefficient (Wildman–Crippen LogP) is 5.97. The van der Waals surface area contributed by atoms with Gasteiger partial charge in [0.1, 0.15) is 16.9 Å². The van der Waals surface area contributed by atoms with Gasteiger partial charge in [0.2, 0.25) is 0 Å². The van der Waals surface area contributed by atoms with Gasteiger partial charge in [-0.05, 0) is 61.9 Å². The van der Waals surface area contributed by atoms with Gasteiger partial charge in [-0.1, -0.05) is 43.3 Å². The number of hydrogen-bond acceptors (Lipinski definition) is 6. The highest BCUT2D eigenvalue weighted by Crippen LogP contribution is 2.44. The number of nitrogens with one attached hydrogen (secondary N) is 2. The number of fused-ring (bicyclic) bond motifs is 3. The number of aryl methyl sites for hydroxylation is 3. The van der Waals surface area contributed by atoms with E-state index in [1.165, 1.54) is 16.9 Å². The van der Waals surface area contributed by atoms with Crippen molar-refractivity contribution in [2.45, 2.75) is 46.1 Å². The summed E-state index contributed by atoms with van der Waals surface area (Å²) >= 11 is 1.40. The van der Waals surface area contributed by atoms with E-state index in [4.69, 9.17) is 4.74 Å². The Hall–Kier alpha value is -4.22. The number of carbonyl (C=O) groups is 2. The molecular formula is C29H26N4O3S. The van der Waals surface area contributed by atoms with Crippen molar-refractivity contribution in [2.24, 2.45) is 0 Å². The Bertz CT molecular complexity index is 1520. The molecule has 5 rings (SSSR count). The second-order valence-electron chi connectivity index (χ2n) is 9.05. The van der Waals surface area contributed by atoms with Gasteiger partial charge in [-0.15, -0.1) is 11.3 Å². The van der Waals surface area contributed by atoms with E-state index in [1.807, 2.05) is 32.0 Å². The predicted molar refractivity (Wildman–Crippen MR) is 143 cm³/mol. The van der Waals surface area contributed by atoms with Gasteiger partial charge >= 0.3 is 5.97 Å². The zero-order valence-corrected chi connectivity index (χ0v) is 21.7. The van der Waals surface area contributed by atoms with Crippen LogP contribution in [-0.4, -0.2) is 27.9 Å². The minimum atomic E-state index is -0.986. The Kier molecular flexibility index (Phi) is 6.64. The van der Waals surface area contributed by atoms with Gasteiger partial charge in [-0.2, -0.15) is 5.26 Å². The van der Waals surface area contributed by atoms with Gasteiger partial charge in [0.15, 0.2) is 6.10 Å². The highest BCUT2D eigenvalue weighted by atomic mass is 32.1. The first kappa shape index (κ1) is 24.5. The molecular weight excluding hydrogens is 484 g/mol. The summed E-state index contributed by atoms with van der Waals surface area (Å²) < 4.78 is 5.57. The summed E-state index contributed by atoms with van der Waals surface area (Å²) in [5.41, 5.74) is 6.91. The third-order valence-electron chi connectivity index (χ3n) is 6.70. The number of imidazole rings is 1. The summed E-state index contributed by atoms with van der Waals surface area (Å²) in [4.78, 5) is 34.6. The van der Waals surface area contributed by atoms with Crippen molar-refractivity contribution in [3.05, 3.63) is 82.2 Å². The van der Waals surface area contributed by atoms with E-state index in [1.54, 1.807) is 31.2 Å². The Morgan fingerprint density at radius 2 is 1.92 bits per heavy atom. The highest BCUT2D eigenvalue weighted by Gasteiger charge is 2.28. The molecule has 2 heterocycles. The monoisotopic (exact) mass is 510 g/mol. The van der Waals surface area contributed by atoms with Crippen LogP contribution >= 0.6 is 11.3 Å². The minimum Gasteiger partial charge on any atom is -0.449 e. The van der Waals surface area contributed by atoms with Gasteiger partial charge in [-0.25, -0.2) is 9.78 Å². The largest absolute Gasteiger partial charge is 0.449 e. The average molecular weight is 511 g/mol. The maximum Gasteiger partial charge on any atom is 0.338 e. The smallest absolute Gasteiger partial charge is 0.338 e. The van der Waals surface area contributed by atoms with Crippen LogP contribution in [0.15, 0.2) is 48.5 Å². The van der Waals surface area contributed by atoms with Crippen molar-refractivity contribution in [1.29, 1.82) is 5.26 Å². The SMILES string of the molecule is CCC(OC(=O)c1ccc(-c2nc(C)c(C)[nH]2)cc1)C(=O)Nc1sc2c(c1C#N)CCc1ccccc1-2. The van der Waals surface area contributed by atoms with Crippen molar-refractivity contribution >= 4 is 28.2 Å². The molecule has 1 amide bonds. The van der Waals surface area contributed by atoms with Crippen molar-refractivity contribution in [1.82, 2.24) is 9.97 Å². The highest BCUT2D eigenvalue weighted by molar-refractivity contribution is 7.20. The van der Waals surface area contributed by atoms with E-state index in [0.29, 0.717) is 22.5 Å². The number of benzene rings is 2. The van der Waals surface area contributed by atoms with Crippen LogP contribution in [0.2, 0.25) is 0 Å². The van der Waals surface area contributed by atoms with Crippen molar-refractivity contribution in [2.75, 3.05) is 5.32 Å². The van der Waals surface area contributed by atoms with E-state index in [0.717, 1.165) is 51.6 Å². The topological polar surface area (TPSA) is 108 Å². The third-order valence-corrected chi connectivity index (χ3v) is 7.88. The molecule has 186 valence electrons. The first-order chi connectivity index (χ1) is 17.9. The number of hydrogen-bond donors (Lipinski definition) is 2.